The Morgan fingerprint density at radius 1 is 1.28 bits per heavy atom. The first kappa shape index (κ1) is 18.2. The topological polar surface area (TPSA) is 54.0 Å². The zero-order chi connectivity index (χ0) is 17.9. The largest absolute Gasteiger partial charge is 0.379 e. The third-order valence-corrected chi connectivity index (χ3v) is 4.61. The smallest absolute Gasteiger partial charge is 0.322 e. The Hall–Kier alpha value is -1.63. The van der Waals surface area contributed by atoms with Crippen LogP contribution in [0.5, 0.6) is 0 Å². The second kappa shape index (κ2) is 7.72. The lowest BCUT2D eigenvalue weighted by molar-refractivity contribution is -0.116. The second-order valence-electron chi connectivity index (χ2n) is 7.54. The molecule has 2 aliphatic rings. The summed E-state index contributed by atoms with van der Waals surface area (Å²) in [6, 6.07) is 7.98. The molecule has 2 amide bonds. The predicted octanol–water partition coefficient (Wildman–Crippen LogP) is 2.55. The van der Waals surface area contributed by atoms with E-state index >= 15 is 0 Å². The average Bonchev–Trinajstić information content (AvgIpc) is 2.56. The van der Waals surface area contributed by atoms with Gasteiger partial charge in [-0.2, -0.15) is 0 Å². The molecule has 2 aliphatic heterocycles. The maximum atomic E-state index is 12.8. The summed E-state index contributed by atoms with van der Waals surface area (Å²) in [5.41, 5.74) is 1.71. The van der Waals surface area contributed by atoms with Crippen molar-refractivity contribution in [2.24, 2.45) is 0 Å². The van der Waals surface area contributed by atoms with Crippen LogP contribution >= 0.6 is 0 Å². The maximum absolute atomic E-state index is 12.8. The van der Waals surface area contributed by atoms with Crippen LogP contribution < -0.4 is 5.32 Å². The van der Waals surface area contributed by atoms with E-state index in [1.165, 1.54) is 0 Å². The second-order valence-corrected chi connectivity index (χ2v) is 7.54. The number of anilines is 1. The highest BCUT2D eigenvalue weighted by Gasteiger charge is 2.33. The lowest BCUT2D eigenvalue weighted by Crippen LogP contribution is -2.54. The van der Waals surface area contributed by atoms with Gasteiger partial charge in [-0.1, -0.05) is 18.2 Å². The molecule has 1 aromatic carbocycles. The first-order valence-electron chi connectivity index (χ1n) is 9.05. The van der Waals surface area contributed by atoms with Crippen LogP contribution in [0.1, 0.15) is 26.3 Å². The standard InChI is InChI=1S/C19H29N3O3/c1-15-12-22(14-19(2,3)25-15)18(23)20-17-7-5-4-6-16(17)13-21-8-10-24-11-9-21/h4-7,15H,8-14H2,1-3H3,(H,20,23). The van der Waals surface area contributed by atoms with Gasteiger partial charge in [-0.05, 0) is 32.4 Å². The quantitative estimate of drug-likeness (QED) is 0.913. The third-order valence-electron chi connectivity index (χ3n) is 4.61. The fourth-order valence-electron chi connectivity index (χ4n) is 3.58. The van der Waals surface area contributed by atoms with E-state index in [2.05, 4.69) is 16.3 Å². The van der Waals surface area contributed by atoms with Gasteiger partial charge < -0.3 is 19.7 Å². The van der Waals surface area contributed by atoms with Crippen molar-refractivity contribution in [1.82, 2.24) is 9.80 Å². The van der Waals surface area contributed by atoms with Gasteiger partial charge in [0.2, 0.25) is 0 Å². The molecule has 0 aromatic heterocycles. The van der Waals surface area contributed by atoms with Gasteiger partial charge in [0, 0.05) is 31.9 Å². The molecule has 1 N–H and O–H groups in total. The normalized spacial score (nSPS) is 24.1. The maximum Gasteiger partial charge on any atom is 0.322 e. The Labute approximate surface area is 150 Å². The molecule has 1 atom stereocenters. The zero-order valence-electron chi connectivity index (χ0n) is 15.5. The minimum atomic E-state index is -0.317. The first-order chi connectivity index (χ1) is 11.9. The van der Waals surface area contributed by atoms with Crippen LogP contribution in [-0.4, -0.2) is 66.9 Å². The van der Waals surface area contributed by atoms with E-state index < -0.39 is 0 Å². The molecule has 6 heteroatoms. The van der Waals surface area contributed by atoms with E-state index in [4.69, 9.17) is 9.47 Å². The molecule has 1 aromatic rings. The number of hydrogen-bond donors (Lipinski definition) is 1. The number of carbonyl (C=O) groups excluding carboxylic acids is 1. The Morgan fingerprint density at radius 2 is 2.00 bits per heavy atom. The lowest BCUT2D eigenvalue weighted by Gasteiger charge is -2.41. The molecular formula is C19H29N3O3. The summed E-state index contributed by atoms with van der Waals surface area (Å²) in [5.74, 6) is 0. The number of nitrogens with zero attached hydrogens (tertiary/aromatic N) is 2. The van der Waals surface area contributed by atoms with Gasteiger partial charge in [0.1, 0.15) is 0 Å². The van der Waals surface area contributed by atoms with Crippen LogP contribution in [0, 0.1) is 0 Å². The van der Waals surface area contributed by atoms with Gasteiger partial charge >= 0.3 is 6.03 Å². The zero-order valence-corrected chi connectivity index (χ0v) is 15.5. The number of urea groups is 1. The summed E-state index contributed by atoms with van der Waals surface area (Å²) >= 11 is 0. The van der Waals surface area contributed by atoms with E-state index in [1.807, 2.05) is 43.9 Å². The number of hydrogen-bond acceptors (Lipinski definition) is 4. The molecule has 25 heavy (non-hydrogen) atoms. The fraction of sp³-hybridized carbons (Fsp3) is 0.632. The van der Waals surface area contributed by atoms with E-state index in [0.29, 0.717) is 13.1 Å². The lowest BCUT2D eigenvalue weighted by atomic mass is 10.1. The van der Waals surface area contributed by atoms with Crippen LogP contribution in [0.15, 0.2) is 24.3 Å². The van der Waals surface area contributed by atoms with Crippen molar-refractivity contribution in [2.45, 2.75) is 39.0 Å². The molecule has 0 radical (unpaired) electrons. The molecular weight excluding hydrogens is 318 g/mol. The molecule has 0 saturated carbocycles. The van der Waals surface area contributed by atoms with Crippen molar-refractivity contribution >= 4 is 11.7 Å². The Bertz CT molecular complexity index is 599. The number of rotatable bonds is 3. The average molecular weight is 347 g/mol. The Morgan fingerprint density at radius 3 is 2.72 bits per heavy atom. The van der Waals surface area contributed by atoms with Crippen molar-refractivity contribution in [1.29, 1.82) is 0 Å². The van der Waals surface area contributed by atoms with E-state index in [-0.39, 0.29) is 17.7 Å². The summed E-state index contributed by atoms with van der Waals surface area (Å²) in [6.07, 6.45) is 0.0399. The number of morpholine rings is 2. The molecule has 1 unspecified atom stereocenters. The number of para-hydroxylation sites is 1. The Kier molecular flexibility index (Phi) is 5.61. The molecule has 0 bridgehead atoms. The Balaban J connectivity index is 1.66. The van der Waals surface area contributed by atoms with Gasteiger partial charge in [-0.15, -0.1) is 0 Å². The monoisotopic (exact) mass is 347 g/mol. The van der Waals surface area contributed by atoms with Crippen molar-refractivity contribution in [3.8, 4) is 0 Å². The molecule has 2 fully saturated rings. The molecule has 138 valence electrons. The molecule has 3 rings (SSSR count). The van der Waals surface area contributed by atoms with Crippen LogP contribution in [0.25, 0.3) is 0 Å². The number of nitrogens with one attached hydrogen (secondary N) is 1. The number of benzene rings is 1. The summed E-state index contributed by atoms with van der Waals surface area (Å²) in [4.78, 5) is 17.0. The minimum absolute atomic E-state index is 0.0399. The molecule has 2 heterocycles. The van der Waals surface area contributed by atoms with Crippen LogP contribution in [0.2, 0.25) is 0 Å². The summed E-state index contributed by atoms with van der Waals surface area (Å²) in [7, 11) is 0. The van der Waals surface area contributed by atoms with Crippen molar-refractivity contribution in [2.75, 3.05) is 44.7 Å². The third kappa shape index (κ3) is 4.93. The molecule has 6 nitrogen and oxygen atoms in total. The van der Waals surface area contributed by atoms with Gasteiger partial charge in [0.05, 0.1) is 31.5 Å². The number of ether oxygens (including phenoxy) is 2. The highest BCUT2D eigenvalue weighted by Crippen LogP contribution is 2.23. The fourth-order valence-corrected chi connectivity index (χ4v) is 3.58. The summed E-state index contributed by atoms with van der Waals surface area (Å²) in [6.45, 7) is 11.5. The first-order valence-corrected chi connectivity index (χ1v) is 9.05. The van der Waals surface area contributed by atoms with Crippen molar-refractivity contribution in [3.05, 3.63) is 29.8 Å². The van der Waals surface area contributed by atoms with Crippen molar-refractivity contribution in [3.63, 3.8) is 0 Å². The van der Waals surface area contributed by atoms with Crippen molar-refractivity contribution < 1.29 is 14.3 Å². The van der Waals surface area contributed by atoms with Crippen LogP contribution in [-0.2, 0) is 16.0 Å². The van der Waals surface area contributed by atoms with Gasteiger partial charge in [0.25, 0.3) is 0 Å². The highest BCUT2D eigenvalue weighted by atomic mass is 16.5. The number of carbonyl (C=O) groups is 1. The van der Waals surface area contributed by atoms with Gasteiger partial charge in [0.15, 0.2) is 0 Å². The SMILES string of the molecule is CC1CN(C(=O)Nc2ccccc2CN2CCOCC2)CC(C)(C)O1. The molecule has 2 saturated heterocycles. The highest BCUT2D eigenvalue weighted by molar-refractivity contribution is 5.90. The summed E-state index contributed by atoms with van der Waals surface area (Å²) in [5, 5.41) is 3.10. The predicted molar refractivity (Wildman–Crippen MR) is 97.8 cm³/mol. The molecule has 0 aliphatic carbocycles. The van der Waals surface area contributed by atoms with Crippen LogP contribution in [0.3, 0.4) is 0 Å². The summed E-state index contributed by atoms with van der Waals surface area (Å²) < 4.78 is 11.3. The van der Waals surface area contributed by atoms with Gasteiger partial charge in [-0.3, -0.25) is 4.90 Å². The van der Waals surface area contributed by atoms with E-state index in [0.717, 1.165) is 44.1 Å². The minimum Gasteiger partial charge on any atom is -0.379 e. The van der Waals surface area contributed by atoms with E-state index in [9.17, 15) is 4.79 Å². The molecule has 0 spiro atoms. The van der Waals surface area contributed by atoms with Gasteiger partial charge in [-0.25, -0.2) is 4.79 Å². The van der Waals surface area contributed by atoms with Crippen LogP contribution in [0.4, 0.5) is 10.5 Å². The van der Waals surface area contributed by atoms with E-state index in [1.54, 1.807) is 0 Å². The number of amides is 2.